The van der Waals surface area contributed by atoms with Gasteiger partial charge in [-0.25, -0.2) is 8.42 Å². The van der Waals surface area contributed by atoms with Crippen molar-refractivity contribution in [3.63, 3.8) is 0 Å². The molecule has 0 aliphatic carbocycles. The average molecular weight is 431 g/mol. The third kappa shape index (κ3) is 7.87. The Hall–Kier alpha value is -2.87. The second-order valence-electron chi connectivity index (χ2n) is 6.98. The van der Waals surface area contributed by atoms with Crippen molar-refractivity contribution in [3.05, 3.63) is 65.2 Å². The Bertz CT molecular complexity index is 970. The quantitative estimate of drug-likeness (QED) is 0.321. The molecule has 0 atom stereocenters. The van der Waals surface area contributed by atoms with E-state index in [1.54, 1.807) is 18.2 Å². The SMILES string of the molecule is CCNC(=NCCc1ccc(S(C)(=O)=O)cc1)NCCNC(=O)c1cccc(C)c1. The van der Waals surface area contributed by atoms with E-state index in [4.69, 9.17) is 0 Å². The summed E-state index contributed by atoms with van der Waals surface area (Å²) in [4.78, 5) is 17.0. The molecule has 0 aromatic heterocycles. The number of benzene rings is 2. The molecule has 0 aliphatic rings. The standard InChI is InChI=1S/C22H30N4O3S/c1-4-23-22(25-13-12-18-8-10-20(11-9-18)30(3,28)29)26-15-14-24-21(27)19-7-5-6-17(2)16-19/h5-11,16H,4,12-15H2,1-3H3,(H,24,27)(H2,23,25,26). The molecule has 30 heavy (non-hydrogen) atoms. The molecule has 0 heterocycles. The molecule has 0 aliphatic heterocycles. The summed E-state index contributed by atoms with van der Waals surface area (Å²) in [5, 5.41) is 9.26. The van der Waals surface area contributed by atoms with Crippen molar-refractivity contribution in [2.75, 3.05) is 32.4 Å². The van der Waals surface area contributed by atoms with Crippen molar-refractivity contribution >= 4 is 21.7 Å². The normalized spacial score (nSPS) is 11.8. The molecular formula is C22H30N4O3S. The number of rotatable bonds is 9. The average Bonchev–Trinajstić information content (AvgIpc) is 2.70. The van der Waals surface area contributed by atoms with Gasteiger partial charge in [-0.15, -0.1) is 0 Å². The Kier molecular flexibility index (Phi) is 8.86. The lowest BCUT2D eigenvalue weighted by Gasteiger charge is -2.12. The summed E-state index contributed by atoms with van der Waals surface area (Å²) in [5.74, 6) is 0.579. The molecule has 2 aromatic carbocycles. The van der Waals surface area contributed by atoms with E-state index in [-0.39, 0.29) is 5.91 Å². The van der Waals surface area contributed by atoms with Crippen LogP contribution in [-0.2, 0) is 16.3 Å². The van der Waals surface area contributed by atoms with E-state index in [1.807, 2.05) is 44.2 Å². The first-order valence-electron chi connectivity index (χ1n) is 9.95. The number of hydrogen-bond donors (Lipinski definition) is 3. The molecule has 162 valence electrons. The number of hydrogen-bond acceptors (Lipinski definition) is 4. The summed E-state index contributed by atoms with van der Waals surface area (Å²) in [7, 11) is -3.18. The van der Waals surface area contributed by atoms with Crippen molar-refractivity contribution in [3.8, 4) is 0 Å². The zero-order chi connectivity index (χ0) is 22.0. The molecule has 0 fully saturated rings. The molecule has 0 saturated carbocycles. The maximum Gasteiger partial charge on any atom is 0.251 e. The van der Waals surface area contributed by atoms with Gasteiger partial charge in [-0.1, -0.05) is 29.8 Å². The Morgan fingerprint density at radius 1 is 1.00 bits per heavy atom. The Balaban J connectivity index is 1.79. The van der Waals surface area contributed by atoms with E-state index in [0.717, 1.165) is 17.7 Å². The molecule has 1 amide bonds. The third-order valence-corrected chi connectivity index (χ3v) is 5.48. The number of aliphatic imine (C=N–C) groups is 1. The highest BCUT2D eigenvalue weighted by molar-refractivity contribution is 7.90. The van der Waals surface area contributed by atoms with Crippen molar-refractivity contribution in [2.45, 2.75) is 25.2 Å². The summed E-state index contributed by atoms with van der Waals surface area (Å²) < 4.78 is 23.0. The zero-order valence-corrected chi connectivity index (χ0v) is 18.6. The second kappa shape index (κ2) is 11.3. The molecule has 7 nitrogen and oxygen atoms in total. The number of nitrogens with zero attached hydrogens (tertiary/aromatic N) is 1. The maximum atomic E-state index is 12.2. The number of aryl methyl sites for hydroxylation is 1. The topological polar surface area (TPSA) is 99.7 Å². The number of carbonyl (C=O) groups excluding carboxylic acids is 1. The number of nitrogens with one attached hydrogen (secondary N) is 3. The molecule has 0 bridgehead atoms. The van der Waals surface area contributed by atoms with Crippen LogP contribution in [0.2, 0.25) is 0 Å². The van der Waals surface area contributed by atoms with Gasteiger partial charge < -0.3 is 16.0 Å². The molecular weight excluding hydrogens is 400 g/mol. The lowest BCUT2D eigenvalue weighted by atomic mass is 10.1. The monoisotopic (exact) mass is 430 g/mol. The van der Waals surface area contributed by atoms with Gasteiger partial charge in [-0.2, -0.15) is 0 Å². The lowest BCUT2D eigenvalue weighted by Crippen LogP contribution is -2.41. The van der Waals surface area contributed by atoms with Crippen molar-refractivity contribution < 1.29 is 13.2 Å². The van der Waals surface area contributed by atoms with Gasteiger partial charge in [0.25, 0.3) is 5.91 Å². The van der Waals surface area contributed by atoms with E-state index < -0.39 is 9.84 Å². The van der Waals surface area contributed by atoms with Gasteiger partial charge in [0, 0.05) is 38.0 Å². The first-order chi connectivity index (χ1) is 14.3. The Labute approximate surface area is 178 Å². The molecule has 8 heteroatoms. The number of carbonyl (C=O) groups is 1. The van der Waals surface area contributed by atoms with E-state index in [0.29, 0.717) is 42.5 Å². The van der Waals surface area contributed by atoms with Crippen molar-refractivity contribution in [1.29, 1.82) is 0 Å². The van der Waals surface area contributed by atoms with E-state index in [1.165, 1.54) is 6.26 Å². The fourth-order valence-electron chi connectivity index (χ4n) is 2.79. The fourth-order valence-corrected chi connectivity index (χ4v) is 3.42. The third-order valence-electron chi connectivity index (χ3n) is 4.35. The van der Waals surface area contributed by atoms with Crippen LogP contribution in [0.3, 0.4) is 0 Å². The summed E-state index contributed by atoms with van der Waals surface area (Å²) in [6, 6.07) is 14.3. The predicted molar refractivity (Wildman–Crippen MR) is 121 cm³/mol. The maximum absolute atomic E-state index is 12.2. The number of amides is 1. The largest absolute Gasteiger partial charge is 0.357 e. The van der Waals surface area contributed by atoms with E-state index in [2.05, 4.69) is 20.9 Å². The van der Waals surface area contributed by atoms with Crippen LogP contribution >= 0.6 is 0 Å². The Morgan fingerprint density at radius 3 is 2.33 bits per heavy atom. The molecule has 0 saturated heterocycles. The van der Waals surface area contributed by atoms with Crippen LogP contribution in [-0.4, -0.2) is 52.7 Å². The van der Waals surface area contributed by atoms with Crippen molar-refractivity contribution in [1.82, 2.24) is 16.0 Å². The predicted octanol–water partition coefficient (Wildman–Crippen LogP) is 1.93. The minimum absolute atomic E-state index is 0.0972. The first kappa shape index (κ1) is 23.4. The highest BCUT2D eigenvalue weighted by Gasteiger charge is 2.06. The molecule has 3 N–H and O–H groups in total. The van der Waals surface area contributed by atoms with Gasteiger partial charge >= 0.3 is 0 Å². The van der Waals surface area contributed by atoms with Crippen LogP contribution in [0.25, 0.3) is 0 Å². The van der Waals surface area contributed by atoms with Gasteiger partial charge in [0.2, 0.25) is 0 Å². The van der Waals surface area contributed by atoms with E-state index in [9.17, 15) is 13.2 Å². The molecule has 0 spiro atoms. The summed E-state index contributed by atoms with van der Waals surface area (Å²) in [6.45, 7) is 6.25. The van der Waals surface area contributed by atoms with Gasteiger partial charge in [-0.05, 0) is 50.1 Å². The number of guanidine groups is 1. The van der Waals surface area contributed by atoms with Crippen LogP contribution in [0.1, 0.15) is 28.4 Å². The molecule has 0 unspecified atom stereocenters. The highest BCUT2D eigenvalue weighted by atomic mass is 32.2. The van der Waals surface area contributed by atoms with Crippen LogP contribution < -0.4 is 16.0 Å². The minimum Gasteiger partial charge on any atom is -0.357 e. The fraction of sp³-hybridized carbons (Fsp3) is 0.364. The first-order valence-corrected chi connectivity index (χ1v) is 11.8. The minimum atomic E-state index is -3.18. The summed E-state index contributed by atoms with van der Waals surface area (Å²) >= 11 is 0. The van der Waals surface area contributed by atoms with Gasteiger partial charge in [0.15, 0.2) is 15.8 Å². The van der Waals surface area contributed by atoms with Gasteiger partial charge in [0.05, 0.1) is 4.90 Å². The molecule has 2 rings (SSSR count). The smallest absolute Gasteiger partial charge is 0.251 e. The van der Waals surface area contributed by atoms with Crippen LogP contribution in [0.15, 0.2) is 58.4 Å². The van der Waals surface area contributed by atoms with Crippen LogP contribution in [0.5, 0.6) is 0 Å². The highest BCUT2D eigenvalue weighted by Crippen LogP contribution is 2.10. The van der Waals surface area contributed by atoms with Crippen LogP contribution in [0, 0.1) is 6.92 Å². The molecule has 0 radical (unpaired) electrons. The molecule has 2 aromatic rings. The van der Waals surface area contributed by atoms with Crippen molar-refractivity contribution in [2.24, 2.45) is 4.99 Å². The van der Waals surface area contributed by atoms with E-state index >= 15 is 0 Å². The Morgan fingerprint density at radius 2 is 1.70 bits per heavy atom. The number of sulfone groups is 1. The summed E-state index contributed by atoms with van der Waals surface area (Å²) in [5.41, 5.74) is 2.72. The zero-order valence-electron chi connectivity index (χ0n) is 17.7. The van der Waals surface area contributed by atoms with Gasteiger partial charge in [-0.3, -0.25) is 9.79 Å². The van der Waals surface area contributed by atoms with Crippen LogP contribution in [0.4, 0.5) is 0 Å². The summed E-state index contributed by atoms with van der Waals surface area (Å²) in [6.07, 6.45) is 1.90. The second-order valence-corrected chi connectivity index (χ2v) is 8.99. The van der Waals surface area contributed by atoms with Gasteiger partial charge in [0.1, 0.15) is 0 Å². The lowest BCUT2D eigenvalue weighted by molar-refractivity contribution is 0.0954.